The maximum atomic E-state index is 6.11. The molecular formula is C27H29NO4. The molecule has 1 unspecified atom stereocenters. The van der Waals surface area contributed by atoms with Crippen LogP contribution in [-0.4, -0.2) is 27.9 Å². The second-order valence-electron chi connectivity index (χ2n) is 7.62. The Morgan fingerprint density at radius 2 is 1.69 bits per heavy atom. The van der Waals surface area contributed by atoms with Crippen molar-refractivity contribution in [2.75, 3.05) is 27.9 Å². The van der Waals surface area contributed by atoms with Crippen LogP contribution in [0.25, 0.3) is 6.08 Å². The van der Waals surface area contributed by atoms with E-state index in [1.165, 1.54) is 11.1 Å². The first kappa shape index (κ1) is 21.8. The summed E-state index contributed by atoms with van der Waals surface area (Å²) < 4.78 is 22.6. The van der Waals surface area contributed by atoms with Gasteiger partial charge in [-0.25, -0.2) is 0 Å². The number of fused-ring (bicyclic) bond motifs is 1. The van der Waals surface area contributed by atoms with Gasteiger partial charge in [-0.3, -0.25) is 0 Å². The molecule has 0 saturated carbocycles. The quantitative estimate of drug-likeness (QED) is 0.532. The lowest BCUT2D eigenvalue weighted by Crippen LogP contribution is -2.28. The number of nitrogens with one attached hydrogen (secondary N) is 1. The first-order chi connectivity index (χ1) is 15.7. The fourth-order valence-corrected chi connectivity index (χ4v) is 3.94. The van der Waals surface area contributed by atoms with E-state index in [0.717, 1.165) is 47.1 Å². The highest BCUT2D eigenvalue weighted by atomic mass is 16.5. The van der Waals surface area contributed by atoms with Gasteiger partial charge in [-0.15, -0.1) is 0 Å². The average molecular weight is 432 g/mol. The van der Waals surface area contributed by atoms with E-state index in [0.29, 0.717) is 6.61 Å². The molecule has 0 saturated heterocycles. The molecule has 1 aliphatic rings. The smallest absolute Gasteiger partial charge is 0.161 e. The molecule has 4 rings (SSSR count). The summed E-state index contributed by atoms with van der Waals surface area (Å²) in [5.74, 6) is 3.11. The van der Waals surface area contributed by atoms with Crippen LogP contribution in [-0.2, 0) is 13.0 Å². The Hall–Kier alpha value is -3.44. The van der Waals surface area contributed by atoms with Crippen molar-refractivity contribution in [1.82, 2.24) is 5.32 Å². The normalized spacial score (nSPS) is 15.3. The summed E-state index contributed by atoms with van der Waals surface area (Å²) in [6.07, 6.45) is 5.16. The summed E-state index contributed by atoms with van der Waals surface area (Å²) in [5, 5.41) is 3.59. The number of methoxy groups -OCH3 is 3. The molecule has 3 aromatic carbocycles. The van der Waals surface area contributed by atoms with Crippen molar-refractivity contribution in [2.24, 2.45) is 0 Å². The molecule has 0 amide bonds. The van der Waals surface area contributed by atoms with E-state index in [-0.39, 0.29) is 6.04 Å². The third kappa shape index (κ3) is 4.89. The van der Waals surface area contributed by atoms with Gasteiger partial charge in [0.2, 0.25) is 0 Å². The predicted molar refractivity (Wildman–Crippen MR) is 127 cm³/mol. The Kier molecular flexibility index (Phi) is 6.97. The molecule has 1 heterocycles. The molecule has 0 fully saturated rings. The van der Waals surface area contributed by atoms with Crippen LogP contribution in [0.15, 0.2) is 66.7 Å². The van der Waals surface area contributed by atoms with Crippen molar-refractivity contribution >= 4 is 6.08 Å². The van der Waals surface area contributed by atoms with Crippen molar-refractivity contribution in [3.63, 3.8) is 0 Å². The van der Waals surface area contributed by atoms with Gasteiger partial charge in [0.1, 0.15) is 18.1 Å². The summed E-state index contributed by atoms with van der Waals surface area (Å²) in [7, 11) is 5.02. The summed E-state index contributed by atoms with van der Waals surface area (Å²) >= 11 is 0. The van der Waals surface area contributed by atoms with Crippen LogP contribution in [0.3, 0.4) is 0 Å². The van der Waals surface area contributed by atoms with E-state index in [2.05, 4.69) is 41.7 Å². The SMILES string of the molecule is COc1ccc(OC)c(C=CC2NCCc3cc(OCc4ccccc4)c(OC)cc32)c1. The van der Waals surface area contributed by atoms with Gasteiger partial charge in [0.15, 0.2) is 11.5 Å². The largest absolute Gasteiger partial charge is 0.497 e. The Morgan fingerprint density at radius 1 is 0.875 bits per heavy atom. The number of benzene rings is 3. The third-order valence-corrected chi connectivity index (χ3v) is 5.66. The van der Waals surface area contributed by atoms with E-state index < -0.39 is 0 Å². The summed E-state index contributed by atoms with van der Waals surface area (Å²) in [6, 6.07) is 20.2. The summed E-state index contributed by atoms with van der Waals surface area (Å²) in [5.41, 5.74) is 4.55. The molecule has 5 nitrogen and oxygen atoms in total. The first-order valence-electron chi connectivity index (χ1n) is 10.7. The second kappa shape index (κ2) is 10.2. The number of rotatable bonds is 8. The van der Waals surface area contributed by atoms with Crippen LogP contribution in [0.5, 0.6) is 23.0 Å². The van der Waals surface area contributed by atoms with Crippen LogP contribution >= 0.6 is 0 Å². The molecule has 1 N–H and O–H groups in total. The molecular weight excluding hydrogens is 402 g/mol. The topological polar surface area (TPSA) is 49.0 Å². The van der Waals surface area contributed by atoms with E-state index >= 15 is 0 Å². The molecule has 0 radical (unpaired) electrons. The standard InChI is InChI=1S/C27H29NO4/c1-29-22-10-12-25(30-2)21(15-22)9-11-24-23-17-26(31-3)27(16-20(23)13-14-28-24)32-18-19-7-5-4-6-8-19/h4-12,15-17,24,28H,13-14,18H2,1-3H3. The van der Waals surface area contributed by atoms with Gasteiger partial charge >= 0.3 is 0 Å². The molecule has 0 spiro atoms. The number of hydrogen-bond donors (Lipinski definition) is 1. The minimum Gasteiger partial charge on any atom is -0.497 e. The fraction of sp³-hybridized carbons (Fsp3) is 0.259. The molecule has 1 atom stereocenters. The highest BCUT2D eigenvalue weighted by molar-refractivity contribution is 5.61. The predicted octanol–water partition coefficient (Wildman–Crippen LogP) is 5.19. The lowest BCUT2D eigenvalue weighted by Gasteiger charge is -2.26. The van der Waals surface area contributed by atoms with Crippen LogP contribution in [0.1, 0.15) is 28.3 Å². The molecule has 32 heavy (non-hydrogen) atoms. The Bertz CT molecular complexity index is 1080. The molecule has 0 aliphatic carbocycles. The number of hydrogen-bond acceptors (Lipinski definition) is 5. The van der Waals surface area contributed by atoms with Crippen LogP contribution in [0.2, 0.25) is 0 Å². The zero-order valence-electron chi connectivity index (χ0n) is 18.8. The molecule has 3 aromatic rings. The van der Waals surface area contributed by atoms with Gasteiger partial charge in [-0.05, 0) is 53.4 Å². The Morgan fingerprint density at radius 3 is 2.44 bits per heavy atom. The number of ether oxygens (including phenoxy) is 4. The van der Waals surface area contributed by atoms with Gasteiger partial charge in [0, 0.05) is 12.1 Å². The second-order valence-corrected chi connectivity index (χ2v) is 7.62. The van der Waals surface area contributed by atoms with Crippen molar-refractivity contribution in [3.8, 4) is 23.0 Å². The van der Waals surface area contributed by atoms with Crippen molar-refractivity contribution < 1.29 is 18.9 Å². The lowest BCUT2D eigenvalue weighted by molar-refractivity contribution is 0.283. The van der Waals surface area contributed by atoms with Gasteiger partial charge < -0.3 is 24.3 Å². The Balaban J connectivity index is 1.59. The minimum atomic E-state index is 0.0618. The van der Waals surface area contributed by atoms with Gasteiger partial charge in [-0.1, -0.05) is 42.5 Å². The van der Waals surface area contributed by atoms with Crippen LogP contribution in [0, 0.1) is 0 Å². The van der Waals surface area contributed by atoms with E-state index in [1.54, 1.807) is 21.3 Å². The van der Waals surface area contributed by atoms with E-state index in [4.69, 9.17) is 18.9 Å². The fourth-order valence-electron chi connectivity index (χ4n) is 3.94. The molecule has 0 bridgehead atoms. The molecule has 5 heteroatoms. The molecule has 166 valence electrons. The Labute approximate surface area is 189 Å². The van der Waals surface area contributed by atoms with Crippen LogP contribution in [0.4, 0.5) is 0 Å². The lowest BCUT2D eigenvalue weighted by atomic mass is 9.93. The first-order valence-corrected chi connectivity index (χ1v) is 10.7. The molecule has 0 aromatic heterocycles. The van der Waals surface area contributed by atoms with Crippen molar-refractivity contribution in [1.29, 1.82) is 0 Å². The van der Waals surface area contributed by atoms with Gasteiger partial charge in [-0.2, -0.15) is 0 Å². The third-order valence-electron chi connectivity index (χ3n) is 5.66. The zero-order valence-corrected chi connectivity index (χ0v) is 18.8. The van der Waals surface area contributed by atoms with Gasteiger partial charge in [0.05, 0.1) is 27.4 Å². The highest BCUT2D eigenvalue weighted by Crippen LogP contribution is 2.37. The van der Waals surface area contributed by atoms with Crippen molar-refractivity contribution in [3.05, 3.63) is 89.0 Å². The monoisotopic (exact) mass is 431 g/mol. The molecule has 1 aliphatic heterocycles. The summed E-state index contributed by atoms with van der Waals surface area (Å²) in [4.78, 5) is 0. The van der Waals surface area contributed by atoms with E-state index in [1.807, 2.05) is 36.4 Å². The maximum Gasteiger partial charge on any atom is 0.161 e. The minimum absolute atomic E-state index is 0.0618. The van der Waals surface area contributed by atoms with Gasteiger partial charge in [0.25, 0.3) is 0 Å². The highest BCUT2D eigenvalue weighted by Gasteiger charge is 2.21. The maximum absolute atomic E-state index is 6.11. The zero-order chi connectivity index (χ0) is 22.3. The van der Waals surface area contributed by atoms with E-state index in [9.17, 15) is 0 Å². The summed E-state index contributed by atoms with van der Waals surface area (Å²) in [6.45, 7) is 1.40. The van der Waals surface area contributed by atoms with Crippen molar-refractivity contribution in [2.45, 2.75) is 19.1 Å². The van der Waals surface area contributed by atoms with Crippen LogP contribution < -0.4 is 24.3 Å². The average Bonchev–Trinajstić information content (AvgIpc) is 2.85.